The molecule has 36 heavy (non-hydrogen) atoms. The van der Waals surface area contributed by atoms with E-state index in [-0.39, 0.29) is 17.5 Å². The van der Waals surface area contributed by atoms with Crippen LogP contribution in [0.4, 0.5) is 0 Å². The van der Waals surface area contributed by atoms with E-state index < -0.39 is 0 Å². The maximum atomic E-state index is 12.4. The van der Waals surface area contributed by atoms with Gasteiger partial charge in [0.2, 0.25) is 0 Å². The van der Waals surface area contributed by atoms with Crippen LogP contribution in [0, 0.1) is 56.7 Å². The zero-order chi connectivity index (χ0) is 26.3. The van der Waals surface area contributed by atoms with Crippen LogP contribution in [-0.2, 0) is 9.53 Å². The minimum atomic E-state index is -0.165. The number of ether oxygens (including phenoxy) is 1. The molecule has 5 fully saturated rings. The van der Waals surface area contributed by atoms with Crippen LogP contribution >= 0.6 is 0 Å². The molecule has 0 aromatic rings. The molecule has 0 spiro atoms. The van der Waals surface area contributed by atoms with Crippen molar-refractivity contribution < 1.29 is 9.53 Å². The molecule has 10 unspecified atom stereocenters. The minimum absolute atomic E-state index is 0.0188. The topological polar surface area (TPSA) is 26.3 Å². The molecule has 5 saturated carbocycles. The smallest absolute Gasteiger partial charge is 0.330 e. The molecule has 10 atom stereocenters. The summed E-state index contributed by atoms with van der Waals surface area (Å²) < 4.78 is 6.07. The standard InChI is InChI=1S/C34H54O2/c1-10-11-28(35)36-27-16-18-32(7)25(30(27,4)5)15-19-34(9)26(32)13-12-24-29-23(22(2)3)14-17-31(29,6)20-21-33(24,34)8/h10-11,23-27,29H,2,12-21H2,1,3-9H3. The van der Waals surface area contributed by atoms with E-state index in [1.807, 2.05) is 6.92 Å². The van der Waals surface area contributed by atoms with Crippen LogP contribution in [-0.4, -0.2) is 12.1 Å². The highest BCUT2D eigenvalue weighted by molar-refractivity contribution is 5.82. The molecule has 0 amide bonds. The highest BCUT2D eigenvalue weighted by Crippen LogP contribution is 2.77. The van der Waals surface area contributed by atoms with E-state index >= 15 is 0 Å². The van der Waals surface area contributed by atoms with Gasteiger partial charge in [0, 0.05) is 11.5 Å². The average molecular weight is 495 g/mol. The number of carbonyl (C=O) groups excluding carboxylic acids is 1. The quantitative estimate of drug-likeness (QED) is 0.222. The zero-order valence-corrected chi connectivity index (χ0v) is 24.7. The number of hydrogen-bond donors (Lipinski definition) is 0. The molecular weight excluding hydrogens is 440 g/mol. The fourth-order valence-corrected chi connectivity index (χ4v) is 12.0. The molecule has 5 aliphatic rings. The van der Waals surface area contributed by atoms with Crippen LogP contribution in [0.2, 0.25) is 0 Å². The summed E-state index contributed by atoms with van der Waals surface area (Å²) in [6, 6.07) is 0. The Morgan fingerprint density at radius 2 is 1.56 bits per heavy atom. The summed E-state index contributed by atoms with van der Waals surface area (Å²) in [5, 5.41) is 0. The Morgan fingerprint density at radius 1 is 0.833 bits per heavy atom. The Hall–Kier alpha value is -1.05. The van der Waals surface area contributed by atoms with E-state index in [0.717, 1.165) is 30.1 Å². The second-order valence-electron chi connectivity index (χ2n) is 15.6. The summed E-state index contributed by atoms with van der Waals surface area (Å²) in [6.07, 6.45) is 16.6. The van der Waals surface area contributed by atoms with Gasteiger partial charge in [-0.05, 0) is 129 Å². The van der Waals surface area contributed by atoms with Crippen LogP contribution < -0.4 is 0 Å². The molecule has 0 aromatic carbocycles. The van der Waals surface area contributed by atoms with Crippen molar-refractivity contribution in [2.24, 2.45) is 56.7 Å². The Kier molecular flexibility index (Phi) is 6.25. The lowest BCUT2D eigenvalue weighted by atomic mass is 9.32. The summed E-state index contributed by atoms with van der Waals surface area (Å²) in [7, 11) is 0. The van der Waals surface area contributed by atoms with Crippen LogP contribution in [0.1, 0.15) is 120 Å². The lowest BCUT2D eigenvalue weighted by Gasteiger charge is -2.73. The molecule has 0 bridgehead atoms. The molecule has 0 saturated heterocycles. The Labute approximate surface area is 222 Å². The van der Waals surface area contributed by atoms with Gasteiger partial charge in [-0.15, -0.1) is 0 Å². The molecule has 0 radical (unpaired) electrons. The number of allylic oxidation sites excluding steroid dienone is 2. The first-order valence-corrected chi connectivity index (χ1v) is 15.2. The first-order valence-electron chi connectivity index (χ1n) is 15.2. The third kappa shape index (κ3) is 3.44. The first-order chi connectivity index (χ1) is 16.7. The molecule has 2 nitrogen and oxygen atoms in total. The third-order valence-electron chi connectivity index (χ3n) is 14.0. The largest absolute Gasteiger partial charge is 0.459 e. The second-order valence-corrected chi connectivity index (χ2v) is 15.6. The summed E-state index contributed by atoms with van der Waals surface area (Å²) in [4.78, 5) is 12.4. The molecule has 0 aromatic heterocycles. The van der Waals surface area contributed by atoms with Gasteiger partial charge in [0.15, 0.2) is 0 Å². The maximum Gasteiger partial charge on any atom is 0.330 e. The first kappa shape index (κ1) is 26.6. The predicted molar refractivity (Wildman–Crippen MR) is 149 cm³/mol. The van der Waals surface area contributed by atoms with Gasteiger partial charge >= 0.3 is 5.97 Å². The van der Waals surface area contributed by atoms with E-state index in [0.29, 0.717) is 27.6 Å². The fraction of sp³-hybridized carbons (Fsp3) is 0.853. The molecule has 202 valence electrons. The Balaban J connectivity index is 1.47. The van der Waals surface area contributed by atoms with E-state index in [4.69, 9.17) is 4.74 Å². The number of hydrogen-bond acceptors (Lipinski definition) is 2. The minimum Gasteiger partial charge on any atom is -0.459 e. The van der Waals surface area contributed by atoms with Crippen LogP contribution in [0.3, 0.4) is 0 Å². The molecule has 2 heteroatoms. The van der Waals surface area contributed by atoms with Crippen molar-refractivity contribution in [3.8, 4) is 0 Å². The van der Waals surface area contributed by atoms with Crippen LogP contribution in [0.5, 0.6) is 0 Å². The second kappa shape index (κ2) is 8.47. The highest BCUT2D eigenvalue weighted by Gasteiger charge is 2.70. The van der Waals surface area contributed by atoms with Crippen molar-refractivity contribution in [3.05, 3.63) is 24.3 Å². The van der Waals surface area contributed by atoms with Crippen molar-refractivity contribution in [2.45, 2.75) is 126 Å². The third-order valence-corrected chi connectivity index (χ3v) is 14.0. The Morgan fingerprint density at radius 3 is 2.22 bits per heavy atom. The fourth-order valence-electron chi connectivity index (χ4n) is 12.0. The van der Waals surface area contributed by atoms with Gasteiger partial charge in [0.25, 0.3) is 0 Å². The number of esters is 1. The summed E-state index contributed by atoms with van der Waals surface area (Å²) in [6.45, 7) is 24.2. The summed E-state index contributed by atoms with van der Waals surface area (Å²) in [5.74, 6) is 3.62. The molecule has 0 aliphatic heterocycles. The van der Waals surface area contributed by atoms with Gasteiger partial charge in [0.1, 0.15) is 6.10 Å². The van der Waals surface area contributed by atoms with Crippen molar-refractivity contribution in [3.63, 3.8) is 0 Å². The normalized spacial score (nSPS) is 51.6. The molecule has 5 rings (SSSR count). The summed E-state index contributed by atoms with van der Waals surface area (Å²) in [5.41, 5.74) is 3.14. The average Bonchev–Trinajstić information content (AvgIpc) is 3.14. The predicted octanol–water partition coefficient (Wildman–Crippen LogP) is 9.15. The molecule has 0 heterocycles. The van der Waals surface area contributed by atoms with Gasteiger partial charge in [-0.3, -0.25) is 0 Å². The van der Waals surface area contributed by atoms with Crippen LogP contribution in [0.25, 0.3) is 0 Å². The van der Waals surface area contributed by atoms with Crippen molar-refractivity contribution in [1.82, 2.24) is 0 Å². The lowest BCUT2D eigenvalue weighted by molar-refractivity contribution is -0.248. The monoisotopic (exact) mass is 494 g/mol. The van der Waals surface area contributed by atoms with Gasteiger partial charge in [-0.1, -0.05) is 59.8 Å². The van der Waals surface area contributed by atoms with Gasteiger partial charge < -0.3 is 4.74 Å². The van der Waals surface area contributed by atoms with E-state index in [1.54, 1.807) is 12.2 Å². The lowest BCUT2D eigenvalue weighted by Crippen LogP contribution is -2.66. The van der Waals surface area contributed by atoms with Crippen molar-refractivity contribution in [1.29, 1.82) is 0 Å². The number of rotatable bonds is 3. The summed E-state index contributed by atoms with van der Waals surface area (Å²) >= 11 is 0. The van der Waals surface area contributed by atoms with E-state index in [2.05, 4.69) is 55.0 Å². The zero-order valence-electron chi connectivity index (χ0n) is 24.7. The van der Waals surface area contributed by atoms with Crippen LogP contribution in [0.15, 0.2) is 24.3 Å². The van der Waals surface area contributed by atoms with Gasteiger partial charge in [-0.25, -0.2) is 4.79 Å². The molecule has 0 N–H and O–H groups in total. The SMILES string of the molecule is C=C(C)C1CCC2(C)CCC3(C)C(CCC4C5(C)CCC(OC(=O)C=CC)C(C)(C)C5CCC43C)C12. The van der Waals surface area contributed by atoms with E-state index in [1.165, 1.54) is 63.4 Å². The van der Waals surface area contributed by atoms with Crippen molar-refractivity contribution in [2.75, 3.05) is 0 Å². The number of fused-ring (bicyclic) bond motifs is 7. The number of carbonyl (C=O) groups is 1. The van der Waals surface area contributed by atoms with Gasteiger partial charge in [-0.2, -0.15) is 0 Å². The molecule has 5 aliphatic carbocycles. The molecular formula is C34H54O2. The Bertz CT molecular complexity index is 945. The maximum absolute atomic E-state index is 12.4. The van der Waals surface area contributed by atoms with E-state index in [9.17, 15) is 4.79 Å². The highest BCUT2D eigenvalue weighted by atomic mass is 16.5. The van der Waals surface area contributed by atoms with Crippen molar-refractivity contribution >= 4 is 5.97 Å². The van der Waals surface area contributed by atoms with Gasteiger partial charge in [0.05, 0.1) is 0 Å².